The van der Waals surface area contributed by atoms with Crippen molar-refractivity contribution in [3.63, 3.8) is 0 Å². The number of nitrogens with one attached hydrogen (secondary N) is 1. The molecule has 31 heavy (non-hydrogen) atoms. The molecule has 0 spiro atoms. The van der Waals surface area contributed by atoms with Crippen LogP contribution < -0.4 is 15.0 Å². The topological polar surface area (TPSA) is 106 Å². The van der Waals surface area contributed by atoms with Gasteiger partial charge in [-0.3, -0.25) is 24.2 Å². The molecule has 0 bridgehead atoms. The number of hydrogen-bond donors (Lipinski definition) is 1. The van der Waals surface area contributed by atoms with Crippen molar-refractivity contribution in [2.24, 2.45) is 0 Å². The van der Waals surface area contributed by atoms with Crippen LogP contribution in [0.5, 0.6) is 5.75 Å². The van der Waals surface area contributed by atoms with E-state index in [4.69, 9.17) is 4.74 Å². The van der Waals surface area contributed by atoms with Crippen LogP contribution in [0.1, 0.15) is 43.7 Å². The molecule has 0 atom stereocenters. The Kier molecular flexibility index (Phi) is 5.04. The predicted molar refractivity (Wildman–Crippen MR) is 112 cm³/mol. The van der Waals surface area contributed by atoms with Crippen molar-refractivity contribution in [3.8, 4) is 5.75 Å². The third-order valence-corrected chi connectivity index (χ3v) is 4.65. The zero-order chi connectivity index (χ0) is 22.1. The number of esters is 1. The van der Waals surface area contributed by atoms with E-state index < -0.39 is 23.7 Å². The zero-order valence-electron chi connectivity index (χ0n) is 16.7. The molecule has 3 amide bonds. The van der Waals surface area contributed by atoms with E-state index in [0.717, 1.165) is 10.5 Å². The molecule has 1 aliphatic rings. The van der Waals surface area contributed by atoms with Gasteiger partial charge < -0.3 is 10.1 Å². The third-order valence-electron chi connectivity index (χ3n) is 4.65. The Balaban J connectivity index is 1.68. The number of anilines is 2. The molecule has 2 heterocycles. The van der Waals surface area contributed by atoms with Crippen LogP contribution >= 0.6 is 0 Å². The maximum absolute atomic E-state index is 12.7. The van der Waals surface area contributed by atoms with E-state index in [1.807, 2.05) is 13.0 Å². The lowest BCUT2D eigenvalue weighted by Gasteiger charge is -2.17. The van der Waals surface area contributed by atoms with Crippen molar-refractivity contribution in [1.82, 2.24) is 4.98 Å². The van der Waals surface area contributed by atoms with Crippen LogP contribution in [0.3, 0.4) is 0 Å². The Labute approximate surface area is 177 Å². The van der Waals surface area contributed by atoms with Crippen molar-refractivity contribution in [3.05, 3.63) is 83.2 Å². The highest BCUT2D eigenvalue weighted by Gasteiger charge is 2.38. The smallest absolute Gasteiger partial charge is 0.308 e. The van der Waals surface area contributed by atoms with Gasteiger partial charge in [-0.15, -0.1) is 0 Å². The summed E-state index contributed by atoms with van der Waals surface area (Å²) < 4.78 is 5.24. The molecule has 8 nitrogen and oxygen atoms in total. The summed E-state index contributed by atoms with van der Waals surface area (Å²) in [7, 11) is 0. The third kappa shape index (κ3) is 3.78. The van der Waals surface area contributed by atoms with Crippen LogP contribution in [0, 0.1) is 6.92 Å². The molecule has 1 N–H and O–H groups in total. The van der Waals surface area contributed by atoms with Crippen LogP contribution in [-0.4, -0.2) is 28.7 Å². The molecule has 8 heteroatoms. The molecule has 1 aromatic heterocycles. The maximum Gasteiger partial charge on any atom is 0.308 e. The Hall–Kier alpha value is -4.33. The fourth-order valence-corrected chi connectivity index (χ4v) is 3.27. The number of aromatic nitrogens is 1. The standard InChI is InChI=1S/C23H17N3O5/c1-13-5-3-6-15(11-13)21(28)25-18-9-8-16(12-19(18)31-14(2)27)26-22(29)17-7-4-10-24-20(17)23(26)30/h3-12H,1-2H3,(H,25,28). The fraction of sp³-hybridized carbons (Fsp3) is 0.0870. The van der Waals surface area contributed by atoms with E-state index in [9.17, 15) is 19.2 Å². The molecule has 0 radical (unpaired) electrons. The Morgan fingerprint density at radius 1 is 1.00 bits per heavy atom. The van der Waals surface area contributed by atoms with E-state index in [1.54, 1.807) is 24.3 Å². The van der Waals surface area contributed by atoms with E-state index in [-0.39, 0.29) is 28.4 Å². The molecular weight excluding hydrogens is 398 g/mol. The summed E-state index contributed by atoms with van der Waals surface area (Å²) in [6, 6.07) is 14.4. The number of carbonyl (C=O) groups is 4. The van der Waals surface area contributed by atoms with Crippen molar-refractivity contribution < 1.29 is 23.9 Å². The normalized spacial score (nSPS) is 12.5. The van der Waals surface area contributed by atoms with Crippen molar-refractivity contribution in [2.75, 3.05) is 10.2 Å². The fourth-order valence-electron chi connectivity index (χ4n) is 3.27. The quantitative estimate of drug-likeness (QED) is 0.398. The summed E-state index contributed by atoms with van der Waals surface area (Å²) in [6.45, 7) is 3.08. The van der Waals surface area contributed by atoms with Crippen molar-refractivity contribution in [2.45, 2.75) is 13.8 Å². The Morgan fingerprint density at radius 3 is 2.52 bits per heavy atom. The number of nitrogens with zero attached hydrogens (tertiary/aromatic N) is 2. The summed E-state index contributed by atoms with van der Waals surface area (Å²) in [5.74, 6) is -2.11. The van der Waals surface area contributed by atoms with Crippen LogP contribution in [0.25, 0.3) is 0 Å². The first-order valence-corrected chi connectivity index (χ1v) is 9.39. The lowest BCUT2D eigenvalue weighted by atomic mass is 10.1. The minimum atomic E-state index is -0.618. The average molecular weight is 415 g/mol. The highest BCUT2D eigenvalue weighted by atomic mass is 16.5. The van der Waals surface area contributed by atoms with E-state index >= 15 is 0 Å². The summed E-state index contributed by atoms with van der Waals surface area (Å²) in [6.07, 6.45) is 1.43. The SMILES string of the molecule is CC(=O)Oc1cc(N2C(=O)c3cccnc3C2=O)ccc1NC(=O)c1cccc(C)c1. The van der Waals surface area contributed by atoms with Crippen LogP contribution in [-0.2, 0) is 4.79 Å². The molecule has 0 unspecified atom stereocenters. The van der Waals surface area contributed by atoms with Crippen LogP contribution in [0.2, 0.25) is 0 Å². The first-order chi connectivity index (χ1) is 14.8. The molecule has 3 aromatic rings. The number of carbonyl (C=O) groups excluding carboxylic acids is 4. The predicted octanol–water partition coefficient (Wildman–Crippen LogP) is 3.37. The van der Waals surface area contributed by atoms with Gasteiger partial charge in [-0.05, 0) is 43.3 Å². The number of fused-ring (bicyclic) bond motifs is 1. The van der Waals surface area contributed by atoms with Crippen LogP contribution in [0.4, 0.5) is 11.4 Å². The van der Waals surface area contributed by atoms with E-state index in [0.29, 0.717) is 5.56 Å². The second-order valence-electron chi connectivity index (χ2n) is 6.94. The molecule has 0 fully saturated rings. The lowest BCUT2D eigenvalue weighted by molar-refractivity contribution is -0.131. The molecule has 1 aliphatic heterocycles. The molecule has 0 saturated heterocycles. The number of pyridine rings is 1. The molecule has 154 valence electrons. The molecule has 0 saturated carbocycles. The van der Waals surface area contributed by atoms with Gasteiger partial charge in [0.2, 0.25) is 0 Å². The number of amides is 3. The van der Waals surface area contributed by atoms with Gasteiger partial charge in [0.25, 0.3) is 17.7 Å². The summed E-state index contributed by atoms with van der Waals surface area (Å²) in [4.78, 5) is 54.6. The maximum atomic E-state index is 12.7. The Bertz CT molecular complexity index is 1220. The molecule has 2 aromatic carbocycles. The average Bonchev–Trinajstić information content (AvgIpc) is 2.99. The number of benzene rings is 2. The van der Waals surface area contributed by atoms with E-state index in [1.165, 1.54) is 37.4 Å². The largest absolute Gasteiger partial charge is 0.424 e. The summed E-state index contributed by atoms with van der Waals surface area (Å²) >= 11 is 0. The second-order valence-corrected chi connectivity index (χ2v) is 6.94. The number of hydrogen-bond acceptors (Lipinski definition) is 6. The van der Waals surface area contributed by atoms with Gasteiger partial charge in [0.05, 0.1) is 16.9 Å². The van der Waals surface area contributed by atoms with Gasteiger partial charge in [-0.2, -0.15) is 0 Å². The van der Waals surface area contributed by atoms with Crippen LogP contribution in [0.15, 0.2) is 60.8 Å². The Morgan fingerprint density at radius 2 is 1.81 bits per heavy atom. The second kappa shape index (κ2) is 7.83. The van der Waals surface area contributed by atoms with Gasteiger partial charge in [0, 0.05) is 24.8 Å². The first-order valence-electron chi connectivity index (χ1n) is 9.39. The highest BCUT2D eigenvalue weighted by molar-refractivity contribution is 6.33. The molecule has 0 aliphatic carbocycles. The minimum Gasteiger partial charge on any atom is -0.424 e. The molecule has 4 rings (SSSR count). The van der Waals surface area contributed by atoms with Crippen molar-refractivity contribution >= 4 is 35.1 Å². The molecular formula is C23H17N3O5. The lowest BCUT2D eigenvalue weighted by Crippen LogP contribution is -2.29. The van der Waals surface area contributed by atoms with Gasteiger partial charge >= 0.3 is 5.97 Å². The minimum absolute atomic E-state index is 0.00974. The van der Waals surface area contributed by atoms with E-state index in [2.05, 4.69) is 10.3 Å². The van der Waals surface area contributed by atoms with Gasteiger partial charge in [-0.25, -0.2) is 4.90 Å². The van der Waals surface area contributed by atoms with Gasteiger partial charge in [0.15, 0.2) is 5.75 Å². The van der Waals surface area contributed by atoms with Gasteiger partial charge in [-0.1, -0.05) is 17.7 Å². The summed E-state index contributed by atoms with van der Waals surface area (Å²) in [5.41, 5.74) is 2.02. The number of aryl methyl sites for hydroxylation is 1. The van der Waals surface area contributed by atoms with Crippen molar-refractivity contribution in [1.29, 1.82) is 0 Å². The number of imide groups is 1. The highest BCUT2D eigenvalue weighted by Crippen LogP contribution is 2.34. The number of ether oxygens (including phenoxy) is 1. The monoisotopic (exact) mass is 415 g/mol. The number of rotatable bonds is 4. The first kappa shape index (κ1) is 20.0. The van der Waals surface area contributed by atoms with Gasteiger partial charge in [0.1, 0.15) is 5.69 Å². The zero-order valence-corrected chi connectivity index (χ0v) is 16.7. The summed E-state index contributed by atoms with van der Waals surface area (Å²) in [5, 5.41) is 2.70.